The zero-order valence-electron chi connectivity index (χ0n) is 11.1. The molecule has 1 aromatic rings. The van der Waals surface area contributed by atoms with E-state index in [2.05, 4.69) is 5.32 Å². The molecule has 1 aromatic carbocycles. The maximum Gasteiger partial charge on any atom is 0.226 e. The van der Waals surface area contributed by atoms with Gasteiger partial charge in [-0.2, -0.15) is 0 Å². The third kappa shape index (κ3) is 2.49. The molecule has 3 nitrogen and oxygen atoms in total. The van der Waals surface area contributed by atoms with Gasteiger partial charge in [0.15, 0.2) is 0 Å². The fourth-order valence-electron chi connectivity index (χ4n) is 3.00. The van der Waals surface area contributed by atoms with Crippen molar-refractivity contribution in [1.82, 2.24) is 10.2 Å². The van der Waals surface area contributed by atoms with E-state index in [4.69, 9.17) is 11.6 Å². The van der Waals surface area contributed by atoms with Crippen molar-refractivity contribution in [3.8, 4) is 0 Å². The third-order valence-electron chi connectivity index (χ3n) is 4.34. The first kappa shape index (κ1) is 12.9. The number of benzene rings is 1. The number of halogens is 1. The van der Waals surface area contributed by atoms with E-state index < -0.39 is 0 Å². The predicted octanol–water partition coefficient (Wildman–Crippen LogP) is 2.26. The molecule has 0 bridgehead atoms. The number of carbonyl (C=O) groups excluding carboxylic acids is 1. The molecule has 19 heavy (non-hydrogen) atoms. The summed E-state index contributed by atoms with van der Waals surface area (Å²) >= 11 is 6.20. The van der Waals surface area contributed by atoms with Gasteiger partial charge in [-0.05, 0) is 36.9 Å². The van der Waals surface area contributed by atoms with E-state index >= 15 is 0 Å². The van der Waals surface area contributed by atoms with Crippen molar-refractivity contribution in [3.63, 3.8) is 0 Å². The van der Waals surface area contributed by atoms with E-state index in [1.165, 1.54) is 0 Å². The molecule has 1 amide bonds. The molecule has 4 heteroatoms. The summed E-state index contributed by atoms with van der Waals surface area (Å²) in [6.45, 7) is 1.94. The van der Waals surface area contributed by atoms with Crippen molar-refractivity contribution in [2.24, 2.45) is 5.92 Å². The van der Waals surface area contributed by atoms with Crippen LogP contribution in [-0.4, -0.2) is 37.0 Å². The van der Waals surface area contributed by atoms with Gasteiger partial charge in [-0.3, -0.25) is 4.79 Å². The number of likely N-dealkylation sites (N-methyl/N-ethyl adjacent to an activating group) is 1. The molecule has 0 unspecified atom stereocenters. The predicted molar refractivity (Wildman–Crippen MR) is 76.3 cm³/mol. The normalized spacial score (nSPS) is 29.3. The summed E-state index contributed by atoms with van der Waals surface area (Å²) in [6.07, 6.45) is 2.00. The Morgan fingerprint density at radius 2 is 2.21 bits per heavy atom. The van der Waals surface area contributed by atoms with E-state index in [0.29, 0.717) is 12.0 Å². The maximum atomic E-state index is 12.4. The number of nitrogens with zero attached hydrogens (tertiary/aromatic N) is 1. The van der Waals surface area contributed by atoms with Crippen LogP contribution in [0, 0.1) is 5.92 Å². The Hall–Kier alpha value is -1.06. The lowest BCUT2D eigenvalue weighted by Crippen LogP contribution is -2.39. The molecule has 1 heterocycles. The van der Waals surface area contributed by atoms with E-state index in [1.54, 1.807) is 0 Å². The molecule has 1 saturated carbocycles. The summed E-state index contributed by atoms with van der Waals surface area (Å²) in [4.78, 5) is 14.4. The Balaban J connectivity index is 1.66. The topological polar surface area (TPSA) is 32.3 Å². The second-order valence-electron chi connectivity index (χ2n) is 5.57. The van der Waals surface area contributed by atoms with Crippen molar-refractivity contribution >= 4 is 17.5 Å². The Morgan fingerprint density at radius 1 is 1.42 bits per heavy atom. The first-order valence-corrected chi connectivity index (χ1v) is 7.28. The summed E-state index contributed by atoms with van der Waals surface area (Å²) in [7, 11) is 1.93. The number of nitrogens with one attached hydrogen (secondary N) is 1. The standard InChI is InChI=1S/C15H19ClN2O/c1-18(10-6-7-17-9-10)15(19)13-8-12(13)11-4-2-3-5-14(11)16/h2-5,10,12-13,17H,6-9H2,1H3/t10-,12+,13-/m1/s1. The summed E-state index contributed by atoms with van der Waals surface area (Å²) < 4.78 is 0. The molecule has 0 spiro atoms. The van der Waals surface area contributed by atoms with E-state index in [9.17, 15) is 4.79 Å². The minimum Gasteiger partial charge on any atom is -0.341 e. The van der Waals surface area contributed by atoms with Crippen LogP contribution >= 0.6 is 11.6 Å². The van der Waals surface area contributed by atoms with Crippen LogP contribution < -0.4 is 5.32 Å². The van der Waals surface area contributed by atoms with Gasteiger partial charge in [0.25, 0.3) is 0 Å². The number of rotatable bonds is 3. The highest BCUT2D eigenvalue weighted by Gasteiger charge is 2.46. The van der Waals surface area contributed by atoms with Crippen LogP contribution in [0.25, 0.3) is 0 Å². The molecule has 0 radical (unpaired) electrons. The molecular formula is C15H19ClN2O. The minimum atomic E-state index is 0.130. The van der Waals surface area contributed by atoms with E-state index in [1.807, 2.05) is 36.2 Å². The smallest absolute Gasteiger partial charge is 0.226 e. The average molecular weight is 279 g/mol. The average Bonchev–Trinajstić information content (AvgIpc) is 3.01. The highest BCUT2D eigenvalue weighted by atomic mass is 35.5. The van der Waals surface area contributed by atoms with Gasteiger partial charge in [0, 0.05) is 30.6 Å². The van der Waals surface area contributed by atoms with Gasteiger partial charge in [-0.25, -0.2) is 0 Å². The second-order valence-corrected chi connectivity index (χ2v) is 5.97. The van der Waals surface area contributed by atoms with Crippen LogP contribution in [0.1, 0.15) is 24.3 Å². The van der Waals surface area contributed by atoms with Gasteiger partial charge >= 0.3 is 0 Å². The Labute approximate surface area is 118 Å². The van der Waals surface area contributed by atoms with Gasteiger partial charge in [-0.15, -0.1) is 0 Å². The molecule has 1 N–H and O–H groups in total. The first-order chi connectivity index (χ1) is 9.18. The van der Waals surface area contributed by atoms with Gasteiger partial charge in [0.05, 0.1) is 0 Å². The molecule has 2 fully saturated rings. The largest absolute Gasteiger partial charge is 0.341 e. The monoisotopic (exact) mass is 278 g/mol. The lowest BCUT2D eigenvalue weighted by molar-refractivity contribution is -0.133. The number of carbonyl (C=O) groups is 1. The van der Waals surface area contributed by atoms with Gasteiger partial charge < -0.3 is 10.2 Å². The van der Waals surface area contributed by atoms with E-state index in [-0.39, 0.29) is 11.8 Å². The lowest BCUT2D eigenvalue weighted by Gasteiger charge is -2.24. The highest BCUT2D eigenvalue weighted by Crippen LogP contribution is 2.50. The minimum absolute atomic E-state index is 0.130. The number of amides is 1. The van der Waals surface area contributed by atoms with Crippen molar-refractivity contribution in [2.45, 2.75) is 24.8 Å². The molecule has 3 atom stereocenters. The fraction of sp³-hybridized carbons (Fsp3) is 0.533. The van der Waals surface area contributed by atoms with Crippen LogP contribution in [0.3, 0.4) is 0 Å². The fourth-order valence-corrected chi connectivity index (χ4v) is 3.27. The van der Waals surface area contributed by atoms with Crippen LogP contribution in [0.15, 0.2) is 24.3 Å². The van der Waals surface area contributed by atoms with Crippen LogP contribution in [-0.2, 0) is 4.79 Å². The number of hydrogen-bond acceptors (Lipinski definition) is 2. The second kappa shape index (κ2) is 5.14. The Kier molecular flexibility index (Phi) is 3.50. The first-order valence-electron chi connectivity index (χ1n) is 6.90. The summed E-state index contributed by atoms with van der Waals surface area (Å²) in [5, 5.41) is 4.09. The van der Waals surface area contributed by atoms with Gasteiger partial charge in [0.2, 0.25) is 5.91 Å². The zero-order chi connectivity index (χ0) is 13.4. The molecule has 0 aromatic heterocycles. The molecular weight excluding hydrogens is 260 g/mol. The molecule has 3 rings (SSSR count). The highest BCUT2D eigenvalue weighted by molar-refractivity contribution is 6.31. The number of hydrogen-bond donors (Lipinski definition) is 1. The molecule has 102 valence electrons. The lowest BCUT2D eigenvalue weighted by atomic mass is 10.1. The summed E-state index contributed by atoms with van der Waals surface area (Å²) in [6, 6.07) is 8.23. The van der Waals surface area contributed by atoms with Crippen LogP contribution in [0.2, 0.25) is 5.02 Å². The van der Waals surface area contributed by atoms with Crippen molar-refractivity contribution in [1.29, 1.82) is 0 Å². The van der Waals surface area contributed by atoms with Gasteiger partial charge in [0.1, 0.15) is 0 Å². The Bertz CT molecular complexity index is 485. The van der Waals surface area contributed by atoms with Crippen molar-refractivity contribution < 1.29 is 4.79 Å². The Morgan fingerprint density at radius 3 is 2.89 bits per heavy atom. The summed E-state index contributed by atoms with van der Waals surface area (Å²) in [5.41, 5.74) is 1.13. The van der Waals surface area contributed by atoms with Crippen LogP contribution in [0.4, 0.5) is 0 Å². The SMILES string of the molecule is CN(C(=O)[C@@H]1C[C@H]1c1ccccc1Cl)[C@@H]1CCNC1. The quantitative estimate of drug-likeness (QED) is 0.920. The molecule has 2 aliphatic rings. The van der Waals surface area contributed by atoms with Crippen LogP contribution in [0.5, 0.6) is 0 Å². The zero-order valence-corrected chi connectivity index (χ0v) is 11.9. The third-order valence-corrected chi connectivity index (χ3v) is 4.69. The summed E-state index contributed by atoms with van der Waals surface area (Å²) in [5.74, 6) is 0.724. The maximum absolute atomic E-state index is 12.4. The molecule has 1 saturated heterocycles. The van der Waals surface area contributed by atoms with E-state index in [0.717, 1.165) is 36.5 Å². The molecule has 1 aliphatic heterocycles. The van der Waals surface area contributed by atoms with Gasteiger partial charge in [-0.1, -0.05) is 29.8 Å². The van der Waals surface area contributed by atoms with Crippen molar-refractivity contribution in [2.75, 3.05) is 20.1 Å². The molecule has 1 aliphatic carbocycles. The van der Waals surface area contributed by atoms with Crippen molar-refractivity contribution in [3.05, 3.63) is 34.9 Å².